The van der Waals surface area contributed by atoms with Gasteiger partial charge in [-0.15, -0.1) is 0 Å². The molecule has 2 N–H and O–H groups in total. The third-order valence-electron chi connectivity index (χ3n) is 5.97. The lowest BCUT2D eigenvalue weighted by Crippen LogP contribution is -2.43. The first-order valence-electron chi connectivity index (χ1n) is 10.3. The van der Waals surface area contributed by atoms with Gasteiger partial charge in [0.25, 0.3) is 0 Å². The first-order valence-corrected chi connectivity index (χ1v) is 10.3. The van der Waals surface area contributed by atoms with E-state index in [4.69, 9.17) is 4.42 Å². The average molecular weight is 407 g/mol. The lowest BCUT2D eigenvalue weighted by atomic mass is 9.72. The van der Waals surface area contributed by atoms with E-state index in [-0.39, 0.29) is 11.7 Å². The Hall–Kier alpha value is -3.28. The lowest BCUT2D eigenvalue weighted by Gasteiger charge is -2.29. The highest BCUT2D eigenvalue weighted by Gasteiger charge is 2.54. The highest BCUT2D eigenvalue weighted by Crippen LogP contribution is 2.51. The van der Waals surface area contributed by atoms with E-state index in [1.807, 2.05) is 12.1 Å². The van der Waals surface area contributed by atoms with Crippen LogP contribution in [0.5, 0.6) is 5.75 Å². The molecule has 0 aliphatic carbocycles. The zero-order valence-electron chi connectivity index (χ0n) is 16.9. The third-order valence-corrected chi connectivity index (χ3v) is 5.97. The number of anilines is 1. The van der Waals surface area contributed by atoms with Gasteiger partial charge in [-0.05, 0) is 30.2 Å². The summed E-state index contributed by atoms with van der Waals surface area (Å²) in [6, 6.07) is 10.5. The number of carbonyl (C=O) groups excluding carboxylic acids is 1. The lowest BCUT2D eigenvalue weighted by molar-refractivity contribution is -0.140. The fourth-order valence-corrected chi connectivity index (χ4v) is 4.54. The number of hydrogen-bond acceptors (Lipinski definition) is 4. The summed E-state index contributed by atoms with van der Waals surface area (Å²) in [4.78, 5) is 27.5. The van der Waals surface area contributed by atoms with Crippen LogP contribution in [0.2, 0.25) is 0 Å². The molecule has 0 radical (unpaired) electrons. The van der Waals surface area contributed by atoms with Crippen LogP contribution >= 0.6 is 0 Å². The number of benzene rings is 2. The summed E-state index contributed by atoms with van der Waals surface area (Å²) in [5, 5.41) is 22.0. The maximum absolute atomic E-state index is 13.8. The standard InChI is InChI=1S/C24H25NO5/c1-2-3-4-7-10-25-20-9-6-5-8-18(20)24(23(25)29,13-22(27)28)19-11-16-14-30-15-17(16)12-21(19)26/h5-6,8-9,11-12,14-15,26H,2-4,7,10,13H2,1H3,(H,27,28). The first kappa shape index (κ1) is 20.0. The number of phenolic OH excluding ortho intramolecular Hbond substituents is 1. The van der Waals surface area contributed by atoms with Crippen LogP contribution in [0.3, 0.4) is 0 Å². The van der Waals surface area contributed by atoms with Gasteiger partial charge >= 0.3 is 5.97 Å². The molecule has 0 saturated carbocycles. The van der Waals surface area contributed by atoms with Crippen molar-refractivity contribution in [2.24, 2.45) is 0 Å². The summed E-state index contributed by atoms with van der Waals surface area (Å²) in [5.41, 5.74) is 0.146. The van der Waals surface area contributed by atoms with Crippen molar-refractivity contribution < 1.29 is 24.2 Å². The van der Waals surface area contributed by atoms with E-state index in [1.165, 1.54) is 18.6 Å². The van der Waals surface area contributed by atoms with Crippen molar-refractivity contribution >= 4 is 28.3 Å². The molecule has 30 heavy (non-hydrogen) atoms. The largest absolute Gasteiger partial charge is 0.508 e. The molecule has 0 spiro atoms. The van der Waals surface area contributed by atoms with E-state index >= 15 is 0 Å². The zero-order valence-corrected chi connectivity index (χ0v) is 16.9. The molecule has 1 aliphatic heterocycles. The SMILES string of the molecule is CCCCCCN1C(=O)C(CC(=O)O)(c2cc3cocc3cc2O)c2ccccc21. The van der Waals surface area contributed by atoms with Gasteiger partial charge in [-0.2, -0.15) is 0 Å². The molecule has 0 fully saturated rings. The maximum atomic E-state index is 13.8. The second kappa shape index (κ2) is 7.86. The second-order valence-corrected chi connectivity index (χ2v) is 7.88. The summed E-state index contributed by atoms with van der Waals surface area (Å²) in [7, 11) is 0. The van der Waals surface area contributed by atoms with E-state index < -0.39 is 17.8 Å². The van der Waals surface area contributed by atoms with Gasteiger partial charge in [0, 0.05) is 28.6 Å². The van der Waals surface area contributed by atoms with Crippen LogP contribution in [0.25, 0.3) is 10.8 Å². The highest BCUT2D eigenvalue weighted by atomic mass is 16.4. The summed E-state index contributed by atoms with van der Waals surface area (Å²) >= 11 is 0. The summed E-state index contributed by atoms with van der Waals surface area (Å²) in [6.07, 6.45) is 6.61. The number of aliphatic carboxylic acids is 1. The summed E-state index contributed by atoms with van der Waals surface area (Å²) in [6.45, 7) is 2.65. The Balaban J connectivity index is 1.88. The Morgan fingerprint density at radius 3 is 2.53 bits per heavy atom. The van der Waals surface area contributed by atoms with E-state index in [1.54, 1.807) is 23.1 Å². The van der Waals surface area contributed by atoms with Crippen LogP contribution in [0, 0.1) is 0 Å². The van der Waals surface area contributed by atoms with E-state index in [2.05, 4.69) is 6.92 Å². The number of furan rings is 1. The van der Waals surface area contributed by atoms with Gasteiger partial charge < -0.3 is 19.5 Å². The average Bonchev–Trinajstić information content (AvgIpc) is 3.26. The number of carbonyl (C=O) groups is 2. The minimum Gasteiger partial charge on any atom is -0.508 e. The molecule has 0 bridgehead atoms. The number of rotatable bonds is 8. The van der Waals surface area contributed by atoms with Crippen LogP contribution in [0.1, 0.15) is 50.2 Å². The fourth-order valence-electron chi connectivity index (χ4n) is 4.54. The molecule has 0 saturated heterocycles. The van der Waals surface area contributed by atoms with E-state index in [9.17, 15) is 19.8 Å². The maximum Gasteiger partial charge on any atom is 0.305 e. The Kier molecular flexibility index (Phi) is 5.24. The van der Waals surface area contributed by atoms with Crippen molar-refractivity contribution in [2.75, 3.05) is 11.4 Å². The minimum atomic E-state index is -1.48. The number of para-hydroxylation sites is 1. The number of phenols is 1. The molecule has 3 aromatic rings. The monoisotopic (exact) mass is 407 g/mol. The molecule has 1 atom stereocenters. The van der Waals surface area contributed by atoms with Gasteiger partial charge in [-0.25, -0.2) is 0 Å². The molecule has 156 valence electrons. The van der Waals surface area contributed by atoms with Gasteiger partial charge in [-0.3, -0.25) is 9.59 Å². The van der Waals surface area contributed by atoms with Crippen molar-refractivity contribution in [1.29, 1.82) is 0 Å². The molecule has 1 aliphatic rings. The van der Waals surface area contributed by atoms with Gasteiger partial charge in [0.1, 0.15) is 11.2 Å². The number of amides is 1. The van der Waals surface area contributed by atoms with E-state index in [0.717, 1.165) is 25.7 Å². The third kappa shape index (κ3) is 3.12. The molecular formula is C24H25NO5. The summed E-state index contributed by atoms with van der Waals surface area (Å²) < 4.78 is 5.22. The number of nitrogens with zero attached hydrogens (tertiary/aromatic N) is 1. The normalized spacial score (nSPS) is 18.2. The fraction of sp³-hybridized carbons (Fsp3) is 0.333. The Bertz CT molecular complexity index is 1100. The van der Waals surface area contributed by atoms with Crippen LogP contribution in [-0.4, -0.2) is 28.6 Å². The molecular weight excluding hydrogens is 382 g/mol. The molecule has 1 unspecified atom stereocenters. The smallest absolute Gasteiger partial charge is 0.305 e. The van der Waals surface area contributed by atoms with E-state index in [0.29, 0.717) is 34.1 Å². The van der Waals surface area contributed by atoms with Gasteiger partial charge in [0.2, 0.25) is 5.91 Å². The first-order chi connectivity index (χ1) is 14.5. The quantitative estimate of drug-likeness (QED) is 0.522. The van der Waals surface area contributed by atoms with Crippen LogP contribution in [0.15, 0.2) is 53.3 Å². The van der Waals surface area contributed by atoms with Crippen LogP contribution in [0.4, 0.5) is 5.69 Å². The predicted octanol–water partition coefficient (Wildman–Crippen LogP) is 4.83. The summed E-state index contributed by atoms with van der Waals surface area (Å²) in [5.74, 6) is -1.51. The number of fused-ring (bicyclic) bond motifs is 2. The number of hydrogen-bond donors (Lipinski definition) is 2. The van der Waals surface area contributed by atoms with Crippen LogP contribution in [-0.2, 0) is 15.0 Å². The highest BCUT2D eigenvalue weighted by molar-refractivity contribution is 6.12. The van der Waals surface area contributed by atoms with Crippen molar-refractivity contribution in [3.05, 3.63) is 60.1 Å². The van der Waals surface area contributed by atoms with Crippen LogP contribution < -0.4 is 4.90 Å². The molecule has 6 nitrogen and oxygen atoms in total. The Morgan fingerprint density at radius 1 is 1.07 bits per heavy atom. The molecule has 1 amide bonds. The molecule has 4 rings (SSSR count). The minimum absolute atomic E-state index is 0.110. The second-order valence-electron chi connectivity index (χ2n) is 7.88. The number of unbranched alkanes of at least 4 members (excludes halogenated alkanes) is 3. The van der Waals surface area contributed by atoms with Crippen molar-refractivity contribution in [3.8, 4) is 5.75 Å². The predicted molar refractivity (Wildman–Crippen MR) is 114 cm³/mol. The topological polar surface area (TPSA) is 91.0 Å². The zero-order chi connectivity index (χ0) is 21.3. The van der Waals surface area contributed by atoms with Crippen molar-refractivity contribution in [3.63, 3.8) is 0 Å². The molecule has 2 aromatic carbocycles. The molecule has 2 heterocycles. The van der Waals surface area contributed by atoms with Crippen molar-refractivity contribution in [1.82, 2.24) is 0 Å². The molecule has 1 aromatic heterocycles. The van der Waals surface area contributed by atoms with Gasteiger partial charge in [0.05, 0.1) is 18.9 Å². The van der Waals surface area contributed by atoms with Gasteiger partial charge in [0.15, 0.2) is 0 Å². The molecule has 6 heteroatoms. The number of aromatic hydroxyl groups is 1. The van der Waals surface area contributed by atoms with Crippen molar-refractivity contribution in [2.45, 2.75) is 44.4 Å². The Morgan fingerprint density at radius 2 is 1.80 bits per heavy atom. The Labute approximate surface area is 174 Å². The van der Waals surface area contributed by atoms with Gasteiger partial charge in [-0.1, -0.05) is 44.4 Å². The number of carboxylic acids is 1. The number of carboxylic acid groups (broad SMARTS) is 1.